The van der Waals surface area contributed by atoms with E-state index in [1.807, 2.05) is 0 Å². The number of rotatable bonds is 8. The van der Waals surface area contributed by atoms with Gasteiger partial charge in [-0.05, 0) is 128 Å². The van der Waals surface area contributed by atoms with Crippen molar-refractivity contribution in [2.24, 2.45) is 0 Å². The Hall–Kier alpha value is -10.2. The number of fused-ring (bicyclic) bond motifs is 18. The van der Waals surface area contributed by atoms with Crippen molar-refractivity contribution in [3.63, 3.8) is 0 Å². The number of furan rings is 2. The molecule has 2 heterocycles. The fraction of sp³-hybridized carbons (Fsp3) is 0.0137. The Bertz CT molecular complexity index is 4550. The van der Waals surface area contributed by atoms with Gasteiger partial charge in [-0.15, -0.1) is 0 Å². The van der Waals surface area contributed by atoms with Crippen LogP contribution in [-0.2, 0) is 5.41 Å². The average Bonchev–Trinajstić information content (AvgIpc) is 4.40. The highest BCUT2D eigenvalue weighted by molar-refractivity contribution is 6.26. The lowest BCUT2D eigenvalue weighted by Crippen LogP contribution is -2.26. The van der Waals surface area contributed by atoms with Gasteiger partial charge in [-0.25, -0.2) is 0 Å². The van der Waals surface area contributed by atoms with Crippen LogP contribution in [-0.4, -0.2) is 0 Å². The summed E-state index contributed by atoms with van der Waals surface area (Å²) in [5.41, 5.74) is 22.7. The van der Waals surface area contributed by atoms with Gasteiger partial charge in [0.15, 0.2) is 5.58 Å². The minimum atomic E-state index is -0.805. The molecule has 2 aromatic heterocycles. The Morgan fingerprint density at radius 2 is 0.649 bits per heavy atom. The van der Waals surface area contributed by atoms with E-state index in [2.05, 4.69) is 289 Å². The van der Waals surface area contributed by atoms with Crippen LogP contribution in [0.25, 0.3) is 88.4 Å². The van der Waals surface area contributed by atoms with Crippen LogP contribution >= 0.6 is 0 Å². The zero-order valence-corrected chi connectivity index (χ0v) is 41.8. The predicted octanol–water partition coefficient (Wildman–Crippen LogP) is 20.1. The Morgan fingerprint density at radius 1 is 0.273 bits per heavy atom. The third kappa shape index (κ3) is 6.33. The quantitative estimate of drug-likeness (QED) is 0.152. The van der Waals surface area contributed by atoms with E-state index in [0.29, 0.717) is 0 Å². The highest BCUT2D eigenvalue weighted by Gasteiger charge is 2.54. The van der Waals surface area contributed by atoms with Gasteiger partial charge in [0.05, 0.1) is 22.2 Å². The molecule has 0 amide bonds. The molecule has 0 N–H and O–H groups in total. The van der Waals surface area contributed by atoms with E-state index in [9.17, 15) is 0 Å². The van der Waals surface area contributed by atoms with Crippen molar-refractivity contribution in [1.82, 2.24) is 0 Å². The molecule has 12 aromatic carbocycles. The fourth-order valence-corrected chi connectivity index (χ4v) is 13.0. The minimum Gasteiger partial charge on any atom is -0.455 e. The van der Waals surface area contributed by atoms with Crippen molar-refractivity contribution in [3.05, 3.63) is 301 Å². The summed E-state index contributed by atoms with van der Waals surface area (Å²) in [4.78, 5) is 4.83. The fourth-order valence-electron chi connectivity index (χ4n) is 13.0. The zero-order valence-electron chi connectivity index (χ0n) is 41.8. The Kier molecular flexibility index (Phi) is 9.52. The van der Waals surface area contributed by atoms with E-state index in [4.69, 9.17) is 8.83 Å². The maximum Gasteiger partial charge on any atom is 0.160 e. The SMILES string of the molecule is c1ccc(-c2ccc(N(c3ccccc3)c3cc4c(c5c3oc3ccccc35)-c3c(cc(N(c5ccccc5)c5ccc(-c6ccccc6)cc5)c5c3oc3ccccc35)C43c4ccccc4-c4ccccc43)cc2)cc1. The monoisotopic (exact) mass is 982 g/mol. The van der Waals surface area contributed by atoms with Crippen LogP contribution in [0.2, 0.25) is 0 Å². The van der Waals surface area contributed by atoms with Gasteiger partial charge in [0, 0.05) is 50.0 Å². The van der Waals surface area contributed by atoms with Crippen LogP contribution < -0.4 is 9.80 Å². The van der Waals surface area contributed by atoms with E-state index >= 15 is 0 Å². The highest BCUT2D eigenvalue weighted by atomic mass is 16.3. The van der Waals surface area contributed by atoms with Crippen LogP contribution in [0.1, 0.15) is 22.3 Å². The molecule has 77 heavy (non-hydrogen) atoms. The summed E-state index contributed by atoms with van der Waals surface area (Å²) >= 11 is 0. The van der Waals surface area contributed by atoms with Gasteiger partial charge in [-0.1, -0.05) is 206 Å². The number of benzene rings is 12. The normalized spacial score (nSPS) is 12.8. The molecule has 0 atom stereocenters. The summed E-state index contributed by atoms with van der Waals surface area (Å²) in [6.45, 7) is 0. The second-order valence-corrected chi connectivity index (χ2v) is 20.3. The average molecular weight is 983 g/mol. The van der Waals surface area contributed by atoms with Crippen LogP contribution in [0.5, 0.6) is 0 Å². The molecular weight excluding hydrogens is 937 g/mol. The first-order chi connectivity index (χ1) is 38.2. The first-order valence-corrected chi connectivity index (χ1v) is 26.4. The largest absolute Gasteiger partial charge is 0.455 e. The number of anilines is 6. The molecule has 0 saturated heterocycles. The molecule has 1 spiro atoms. The standard InChI is InChI=1S/C73H46N2O2/c1-5-21-47(22-6-1)49-37-41-53(42-38-49)74(51-25-9-3-10-26-51)63-45-62-70(72-67(63)57-31-15-19-35-65(57)77-72)69-61(73(62)59-33-17-13-29-55(59)56-30-14-18-34-60(56)73)46-64(71-68(69)58-32-16-20-36-66(58)76-71)75(52-27-11-4-12-28-52)54-43-39-50(40-44-54)48-23-7-2-8-24-48/h1-46H. The van der Waals surface area contributed by atoms with Crippen molar-refractivity contribution >= 4 is 78.0 Å². The van der Waals surface area contributed by atoms with E-state index in [-0.39, 0.29) is 0 Å². The summed E-state index contributed by atoms with van der Waals surface area (Å²) < 4.78 is 14.8. The summed E-state index contributed by atoms with van der Waals surface area (Å²) in [6.07, 6.45) is 0. The highest BCUT2D eigenvalue weighted by Crippen LogP contribution is 2.68. The maximum atomic E-state index is 7.50. The van der Waals surface area contributed by atoms with Crippen molar-refractivity contribution < 1.29 is 8.83 Å². The van der Waals surface area contributed by atoms with E-state index < -0.39 is 5.41 Å². The molecule has 360 valence electrons. The van der Waals surface area contributed by atoms with Gasteiger partial charge in [0.25, 0.3) is 0 Å². The minimum absolute atomic E-state index is 0.805. The molecule has 16 rings (SSSR count). The van der Waals surface area contributed by atoms with Crippen molar-refractivity contribution in [1.29, 1.82) is 0 Å². The Balaban J connectivity index is 1.06. The van der Waals surface area contributed by atoms with Gasteiger partial charge in [-0.3, -0.25) is 0 Å². The third-order valence-corrected chi connectivity index (χ3v) is 16.2. The molecule has 0 fully saturated rings. The summed E-state index contributed by atoms with van der Waals surface area (Å²) in [6, 6.07) is 101. The number of nitrogens with zero attached hydrogens (tertiary/aromatic N) is 2. The lowest BCUT2D eigenvalue weighted by Gasteiger charge is -2.33. The first kappa shape index (κ1) is 43.3. The molecule has 4 heteroatoms. The predicted molar refractivity (Wildman–Crippen MR) is 318 cm³/mol. The molecule has 0 aliphatic heterocycles. The zero-order chi connectivity index (χ0) is 50.6. The number of hydrogen-bond donors (Lipinski definition) is 0. The second-order valence-electron chi connectivity index (χ2n) is 20.3. The molecule has 0 unspecified atom stereocenters. The van der Waals surface area contributed by atoms with Gasteiger partial charge in [0.1, 0.15) is 16.7 Å². The summed E-state index contributed by atoms with van der Waals surface area (Å²) in [5, 5.41) is 4.21. The van der Waals surface area contributed by atoms with Crippen molar-refractivity contribution in [3.8, 4) is 44.5 Å². The van der Waals surface area contributed by atoms with Crippen molar-refractivity contribution in [2.75, 3.05) is 9.80 Å². The van der Waals surface area contributed by atoms with Crippen LogP contribution in [0.3, 0.4) is 0 Å². The van der Waals surface area contributed by atoms with Crippen LogP contribution in [0.15, 0.2) is 288 Å². The van der Waals surface area contributed by atoms with Gasteiger partial charge >= 0.3 is 0 Å². The van der Waals surface area contributed by atoms with Crippen LogP contribution in [0.4, 0.5) is 34.1 Å². The first-order valence-electron chi connectivity index (χ1n) is 26.4. The number of hydrogen-bond acceptors (Lipinski definition) is 4. The lowest BCUT2D eigenvalue weighted by molar-refractivity contribution is 0.668. The summed E-state index contributed by atoms with van der Waals surface area (Å²) in [5.74, 6) is 0. The molecule has 0 saturated carbocycles. The molecule has 14 aromatic rings. The smallest absolute Gasteiger partial charge is 0.160 e. The molecule has 2 aliphatic rings. The lowest BCUT2D eigenvalue weighted by atomic mass is 9.70. The van der Waals surface area contributed by atoms with Gasteiger partial charge in [0.2, 0.25) is 0 Å². The molecule has 4 nitrogen and oxygen atoms in total. The van der Waals surface area contributed by atoms with Gasteiger partial charge in [-0.2, -0.15) is 0 Å². The Morgan fingerprint density at radius 3 is 1.18 bits per heavy atom. The maximum absolute atomic E-state index is 7.50. The Labute approximate surface area is 445 Å². The molecule has 0 bridgehead atoms. The van der Waals surface area contributed by atoms with Crippen molar-refractivity contribution in [2.45, 2.75) is 5.41 Å². The third-order valence-electron chi connectivity index (χ3n) is 16.2. The van der Waals surface area contributed by atoms with E-state index in [1.54, 1.807) is 0 Å². The van der Waals surface area contributed by atoms with E-state index in [0.717, 1.165) is 106 Å². The topological polar surface area (TPSA) is 32.8 Å². The molecule has 2 aliphatic carbocycles. The molecular formula is C73H46N2O2. The summed E-state index contributed by atoms with van der Waals surface area (Å²) in [7, 11) is 0. The van der Waals surface area contributed by atoms with Crippen LogP contribution in [0, 0.1) is 0 Å². The second kappa shape index (κ2) is 16.9. The van der Waals surface area contributed by atoms with Gasteiger partial charge < -0.3 is 18.6 Å². The molecule has 0 radical (unpaired) electrons. The number of para-hydroxylation sites is 4. The van der Waals surface area contributed by atoms with E-state index in [1.165, 1.54) is 38.9 Å².